The Morgan fingerprint density at radius 1 is 1.20 bits per heavy atom. The molecule has 132 valence electrons. The lowest BCUT2D eigenvalue weighted by Crippen LogP contribution is -2.44. The van der Waals surface area contributed by atoms with Gasteiger partial charge in [-0.1, -0.05) is 0 Å². The summed E-state index contributed by atoms with van der Waals surface area (Å²) >= 11 is 0. The van der Waals surface area contributed by atoms with Crippen LogP contribution in [0.25, 0.3) is 0 Å². The summed E-state index contributed by atoms with van der Waals surface area (Å²) in [7, 11) is 1.62. The summed E-state index contributed by atoms with van der Waals surface area (Å²) in [6.07, 6.45) is 7.97. The van der Waals surface area contributed by atoms with E-state index in [1.165, 1.54) is 0 Å². The van der Waals surface area contributed by atoms with Gasteiger partial charge < -0.3 is 19.7 Å². The van der Waals surface area contributed by atoms with Crippen LogP contribution in [0.15, 0.2) is 30.9 Å². The fraction of sp³-hybridized carbons (Fsp3) is 0.529. The van der Waals surface area contributed by atoms with Gasteiger partial charge >= 0.3 is 0 Å². The van der Waals surface area contributed by atoms with Gasteiger partial charge in [0.05, 0.1) is 25.4 Å². The number of rotatable bonds is 4. The molecule has 2 aliphatic heterocycles. The van der Waals surface area contributed by atoms with Crippen LogP contribution >= 0.6 is 0 Å². The predicted molar refractivity (Wildman–Crippen MR) is 92.8 cm³/mol. The zero-order valence-corrected chi connectivity index (χ0v) is 14.3. The number of ether oxygens (including phenoxy) is 2. The molecule has 1 atom stereocenters. The molecule has 25 heavy (non-hydrogen) atoms. The number of piperidine rings is 1. The standard InChI is InChI=1S/C17H22N6O2/c1-24-15-9-14(20-12-21-15)23-7-3-17(4-8-23)10-13(11-25-17)22-16-18-5-2-6-19-16/h2,5-6,9,12-13H,3-4,7-8,10-11H2,1H3,(H,18,19,22)/t13-/m1/s1. The molecule has 0 aromatic carbocycles. The van der Waals surface area contributed by atoms with Gasteiger partial charge in [0.2, 0.25) is 11.8 Å². The highest BCUT2D eigenvalue weighted by Gasteiger charge is 2.43. The minimum absolute atomic E-state index is 0.0555. The van der Waals surface area contributed by atoms with Crippen LogP contribution in [0.4, 0.5) is 11.8 Å². The molecule has 0 saturated carbocycles. The number of hydrogen-bond acceptors (Lipinski definition) is 8. The van der Waals surface area contributed by atoms with E-state index in [2.05, 4.69) is 30.2 Å². The highest BCUT2D eigenvalue weighted by Crippen LogP contribution is 2.37. The van der Waals surface area contributed by atoms with E-state index >= 15 is 0 Å². The molecule has 0 bridgehead atoms. The van der Waals surface area contributed by atoms with E-state index in [0.717, 1.165) is 38.2 Å². The predicted octanol–water partition coefficient (Wildman–Crippen LogP) is 1.52. The number of aromatic nitrogens is 4. The monoisotopic (exact) mass is 342 g/mol. The van der Waals surface area contributed by atoms with Crippen molar-refractivity contribution in [1.82, 2.24) is 19.9 Å². The van der Waals surface area contributed by atoms with Crippen LogP contribution in [0.2, 0.25) is 0 Å². The van der Waals surface area contributed by atoms with Gasteiger partial charge in [-0.25, -0.2) is 19.9 Å². The fourth-order valence-corrected chi connectivity index (χ4v) is 3.60. The molecule has 1 spiro atoms. The van der Waals surface area contributed by atoms with Gasteiger partial charge in [0, 0.05) is 31.5 Å². The zero-order valence-electron chi connectivity index (χ0n) is 14.3. The molecular weight excluding hydrogens is 320 g/mol. The average Bonchev–Trinajstić information content (AvgIpc) is 3.05. The van der Waals surface area contributed by atoms with E-state index in [-0.39, 0.29) is 11.6 Å². The van der Waals surface area contributed by atoms with E-state index in [4.69, 9.17) is 9.47 Å². The Kier molecular flexibility index (Phi) is 4.35. The van der Waals surface area contributed by atoms with Gasteiger partial charge in [-0.3, -0.25) is 0 Å². The van der Waals surface area contributed by atoms with E-state index < -0.39 is 0 Å². The van der Waals surface area contributed by atoms with Gasteiger partial charge in [-0.2, -0.15) is 0 Å². The fourth-order valence-electron chi connectivity index (χ4n) is 3.60. The molecule has 2 aromatic rings. The van der Waals surface area contributed by atoms with Crippen LogP contribution in [0, 0.1) is 0 Å². The second-order valence-electron chi connectivity index (χ2n) is 6.52. The Hall–Kier alpha value is -2.48. The van der Waals surface area contributed by atoms with Crippen LogP contribution in [-0.4, -0.2) is 58.4 Å². The van der Waals surface area contributed by atoms with Crippen molar-refractivity contribution in [3.8, 4) is 5.88 Å². The Morgan fingerprint density at radius 3 is 2.76 bits per heavy atom. The third kappa shape index (κ3) is 3.48. The maximum atomic E-state index is 6.19. The molecule has 4 heterocycles. The molecule has 2 fully saturated rings. The molecule has 0 radical (unpaired) electrons. The van der Waals surface area contributed by atoms with Crippen LogP contribution in [0.3, 0.4) is 0 Å². The minimum Gasteiger partial charge on any atom is -0.481 e. The molecule has 0 amide bonds. The lowest BCUT2D eigenvalue weighted by molar-refractivity contribution is -0.0148. The van der Waals surface area contributed by atoms with Crippen molar-refractivity contribution >= 4 is 11.8 Å². The number of nitrogens with one attached hydrogen (secondary N) is 1. The smallest absolute Gasteiger partial charge is 0.222 e. The lowest BCUT2D eigenvalue weighted by Gasteiger charge is -2.39. The van der Waals surface area contributed by atoms with E-state index in [0.29, 0.717) is 18.4 Å². The van der Waals surface area contributed by atoms with Crippen molar-refractivity contribution < 1.29 is 9.47 Å². The zero-order chi connectivity index (χ0) is 17.1. The summed E-state index contributed by atoms with van der Waals surface area (Å²) in [4.78, 5) is 19.2. The second-order valence-corrected chi connectivity index (χ2v) is 6.52. The first-order chi connectivity index (χ1) is 12.3. The van der Waals surface area contributed by atoms with Crippen LogP contribution in [0.5, 0.6) is 5.88 Å². The third-order valence-electron chi connectivity index (χ3n) is 4.94. The topological polar surface area (TPSA) is 85.3 Å². The molecule has 2 aromatic heterocycles. The average molecular weight is 342 g/mol. The number of methoxy groups -OCH3 is 1. The Labute approximate surface area is 146 Å². The van der Waals surface area contributed by atoms with Crippen molar-refractivity contribution in [2.24, 2.45) is 0 Å². The molecule has 2 aliphatic rings. The van der Waals surface area contributed by atoms with Crippen LogP contribution < -0.4 is 15.0 Å². The molecule has 8 nitrogen and oxygen atoms in total. The summed E-state index contributed by atoms with van der Waals surface area (Å²) in [6, 6.07) is 3.95. The third-order valence-corrected chi connectivity index (χ3v) is 4.94. The molecule has 0 unspecified atom stereocenters. The Bertz CT molecular complexity index is 705. The number of nitrogens with zero attached hydrogens (tertiary/aromatic N) is 5. The highest BCUT2D eigenvalue weighted by atomic mass is 16.5. The summed E-state index contributed by atoms with van der Waals surface area (Å²) in [6.45, 7) is 2.52. The normalized spacial score (nSPS) is 22.1. The molecule has 1 N–H and O–H groups in total. The molecule has 4 rings (SSSR count). The van der Waals surface area contributed by atoms with Gasteiger partial charge in [-0.15, -0.1) is 0 Å². The van der Waals surface area contributed by atoms with E-state index in [1.54, 1.807) is 25.8 Å². The van der Waals surface area contributed by atoms with Crippen molar-refractivity contribution in [2.45, 2.75) is 30.9 Å². The highest BCUT2D eigenvalue weighted by molar-refractivity contribution is 5.41. The van der Waals surface area contributed by atoms with Gasteiger partial charge in [0.15, 0.2) is 0 Å². The summed E-state index contributed by atoms with van der Waals surface area (Å²) < 4.78 is 11.4. The first-order valence-corrected chi connectivity index (χ1v) is 8.55. The van der Waals surface area contributed by atoms with Crippen LogP contribution in [-0.2, 0) is 4.74 Å². The van der Waals surface area contributed by atoms with E-state index in [9.17, 15) is 0 Å². The van der Waals surface area contributed by atoms with Crippen molar-refractivity contribution in [3.05, 3.63) is 30.9 Å². The van der Waals surface area contributed by atoms with Crippen molar-refractivity contribution in [2.75, 3.05) is 37.0 Å². The van der Waals surface area contributed by atoms with Gasteiger partial charge in [-0.05, 0) is 25.3 Å². The first kappa shape index (κ1) is 16.0. The second kappa shape index (κ2) is 6.79. The first-order valence-electron chi connectivity index (χ1n) is 8.55. The summed E-state index contributed by atoms with van der Waals surface area (Å²) in [5.41, 5.74) is -0.0555. The maximum absolute atomic E-state index is 6.19. The van der Waals surface area contributed by atoms with E-state index in [1.807, 2.05) is 12.1 Å². The molecule has 2 saturated heterocycles. The minimum atomic E-state index is -0.0555. The van der Waals surface area contributed by atoms with Gasteiger partial charge in [0.1, 0.15) is 12.1 Å². The largest absolute Gasteiger partial charge is 0.481 e. The SMILES string of the molecule is COc1cc(N2CCC3(CC2)C[C@@H](Nc2ncccn2)CO3)ncn1. The summed E-state index contributed by atoms with van der Waals surface area (Å²) in [5.74, 6) is 2.17. The number of anilines is 2. The summed E-state index contributed by atoms with van der Waals surface area (Å²) in [5, 5.41) is 3.37. The molecular formula is C17H22N6O2. The maximum Gasteiger partial charge on any atom is 0.222 e. The van der Waals surface area contributed by atoms with Crippen molar-refractivity contribution in [3.63, 3.8) is 0 Å². The van der Waals surface area contributed by atoms with Crippen LogP contribution in [0.1, 0.15) is 19.3 Å². The molecule has 8 heteroatoms. The quantitative estimate of drug-likeness (QED) is 0.895. The number of hydrogen-bond donors (Lipinski definition) is 1. The lowest BCUT2D eigenvalue weighted by atomic mass is 9.87. The van der Waals surface area contributed by atoms with Crippen molar-refractivity contribution in [1.29, 1.82) is 0 Å². The van der Waals surface area contributed by atoms with Gasteiger partial charge in [0.25, 0.3) is 0 Å². The Morgan fingerprint density at radius 2 is 2.00 bits per heavy atom. The molecule has 0 aliphatic carbocycles. The Balaban J connectivity index is 1.35.